The fraction of sp³-hybridized carbons (Fsp3) is 0.375. The SMILES string of the molecule is CCc1cccn1CC(=O)O. The minimum absolute atomic E-state index is 0.0656. The van der Waals surface area contributed by atoms with Crippen molar-refractivity contribution in [1.29, 1.82) is 0 Å². The van der Waals surface area contributed by atoms with Crippen molar-refractivity contribution in [3.63, 3.8) is 0 Å². The highest BCUT2D eigenvalue weighted by Crippen LogP contribution is 2.02. The highest BCUT2D eigenvalue weighted by Gasteiger charge is 2.01. The van der Waals surface area contributed by atoms with Gasteiger partial charge in [-0.1, -0.05) is 6.92 Å². The Morgan fingerprint density at radius 1 is 1.73 bits per heavy atom. The van der Waals surface area contributed by atoms with Crippen LogP contribution in [-0.4, -0.2) is 15.6 Å². The van der Waals surface area contributed by atoms with Crippen LogP contribution in [0, 0.1) is 0 Å². The van der Waals surface area contributed by atoms with Gasteiger partial charge in [-0.05, 0) is 18.6 Å². The average Bonchev–Trinajstić information content (AvgIpc) is 2.34. The molecular formula is C8H11NO2. The van der Waals surface area contributed by atoms with E-state index in [1.54, 1.807) is 10.8 Å². The number of rotatable bonds is 3. The molecule has 3 nitrogen and oxygen atoms in total. The topological polar surface area (TPSA) is 42.2 Å². The van der Waals surface area contributed by atoms with Crippen LogP contribution >= 0.6 is 0 Å². The van der Waals surface area contributed by atoms with Gasteiger partial charge in [0.1, 0.15) is 6.54 Å². The van der Waals surface area contributed by atoms with Gasteiger partial charge in [-0.3, -0.25) is 4.79 Å². The Morgan fingerprint density at radius 3 is 3.00 bits per heavy atom. The highest BCUT2D eigenvalue weighted by atomic mass is 16.4. The maximum Gasteiger partial charge on any atom is 0.323 e. The van der Waals surface area contributed by atoms with Crippen molar-refractivity contribution in [3.05, 3.63) is 24.0 Å². The summed E-state index contributed by atoms with van der Waals surface area (Å²) in [5.41, 5.74) is 1.06. The van der Waals surface area contributed by atoms with Crippen molar-refractivity contribution in [3.8, 4) is 0 Å². The van der Waals surface area contributed by atoms with E-state index in [-0.39, 0.29) is 6.54 Å². The van der Waals surface area contributed by atoms with Gasteiger partial charge < -0.3 is 9.67 Å². The van der Waals surface area contributed by atoms with Gasteiger partial charge in [-0.15, -0.1) is 0 Å². The molecule has 1 aromatic rings. The standard InChI is InChI=1S/C8H11NO2/c1-2-7-4-3-5-9(7)6-8(10)11/h3-5H,2,6H2,1H3,(H,10,11). The Labute approximate surface area is 65.3 Å². The third-order valence-corrected chi connectivity index (χ3v) is 1.59. The first-order valence-corrected chi connectivity index (χ1v) is 3.60. The first-order valence-electron chi connectivity index (χ1n) is 3.60. The fourth-order valence-corrected chi connectivity index (χ4v) is 1.07. The molecule has 0 bridgehead atoms. The molecule has 0 radical (unpaired) electrons. The Balaban J connectivity index is 2.76. The predicted octanol–water partition coefficient (Wildman–Crippen LogP) is 1.14. The molecule has 3 heteroatoms. The van der Waals surface area contributed by atoms with Crippen LogP contribution in [0.1, 0.15) is 12.6 Å². The zero-order valence-corrected chi connectivity index (χ0v) is 6.45. The third kappa shape index (κ3) is 1.83. The quantitative estimate of drug-likeness (QED) is 0.707. The summed E-state index contributed by atoms with van der Waals surface area (Å²) in [6, 6.07) is 3.80. The highest BCUT2D eigenvalue weighted by molar-refractivity contribution is 5.66. The van der Waals surface area contributed by atoms with Crippen LogP contribution in [0.15, 0.2) is 18.3 Å². The van der Waals surface area contributed by atoms with Crippen LogP contribution in [0.3, 0.4) is 0 Å². The minimum Gasteiger partial charge on any atom is -0.480 e. The third-order valence-electron chi connectivity index (χ3n) is 1.59. The number of aliphatic carboxylic acids is 1. The Hall–Kier alpha value is -1.25. The van der Waals surface area contributed by atoms with E-state index in [1.807, 2.05) is 19.1 Å². The van der Waals surface area contributed by atoms with Crippen LogP contribution in [0.4, 0.5) is 0 Å². The smallest absolute Gasteiger partial charge is 0.323 e. The first-order chi connectivity index (χ1) is 5.24. The summed E-state index contributed by atoms with van der Waals surface area (Å²) in [7, 11) is 0. The molecule has 0 aromatic carbocycles. The van der Waals surface area contributed by atoms with Crippen molar-refractivity contribution >= 4 is 5.97 Å². The summed E-state index contributed by atoms with van der Waals surface area (Å²) in [6.07, 6.45) is 2.66. The summed E-state index contributed by atoms with van der Waals surface area (Å²) in [5, 5.41) is 8.48. The van der Waals surface area contributed by atoms with Crippen LogP contribution in [-0.2, 0) is 17.8 Å². The van der Waals surface area contributed by atoms with Gasteiger partial charge in [0.2, 0.25) is 0 Å². The molecule has 0 amide bonds. The lowest BCUT2D eigenvalue weighted by Crippen LogP contribution is -2.09. The molecule has 0 aliphatic rings. The van der Waals surface area contributed by atoms with Crippen LogP contribution in [0.25, 0.3) is 0 Å². The lowest BCUT2D eigenvalue weighted by Gasteiger charge is -2.02. The van der Waals surface area contributed by atoms with Crippen LogP contribution < -0.4 is 0 Å². The molecule has 11 heavy (non-hydrogen) atoms. The molecule has 0 fully saturated rings. The summed E-state index contributed by atoms with van der Waals surface area (Å²) in [6.45, 7) is 2.07. The van der Waals surface area contributed by atoms with Gasteiger partial charge in [0, 0.05) is 11.9 Å². The second-order valence-corrected chi connectivity index (χ2v) is 2.37. The van der Waals surface area contributed by atoms with E-state index >= 15 is 0 Å². The molecule has 0 aliphatic carbocycles. The van der Waals surface area contributed by atoms with Gasteiger partial charge in [0.15, 0.2) is 0 Å². The number of hydrogen-bond acceptors (Lipinski definition) is 1. The Kier molecular flexibility index (Phi) is 2.31. The monoisotopic (exact) mass is 153 g/mol. The van der Waals surface area contributed by atoms with E-state index in [0.717, 1.165) is 12.1 Å². The van der Waals surface area contributed by atoms with Gasteiger partial charge >= 0.3 is 5.97 Å². The zero-order chi connectivity index (χ0) is 8.27. The number of aryl methyl sites for hydroxylation is 1. The summed E-state index contributed by atoms with van der Waals surface area (Å²) in [4.78, 5) is 10.3. The lowest BCUT2D eigenvalue weighted by atomic mass is 10.3. The fourth-order valence-electron chi connectivity index (χ4n) is 1.07. The molecule has 60 valence electrons. The van der Waals surface area contributed by atoms with E-state index < -0.39 is 5.97 Å². The predicted molar refractivity (Wildman–Crippen MR) is 41.4 cm³/mol. The van der Waals surface area contributed by atoms with E-state index in [0.29, 0.717) is 0 Å². The molecule has 1 rings (SSSR count). The first kappa shape index (κ1) is 7.85. The minimum atomic E-state index is -0.795. The normalized spacial score (nSPS) is 9.91. The molecule has 0 spiro atoms. The summed E-state index contributed by atoms with van der Waals surface area (Å²) < 4.78 is 1.74. The Bertz CT molecular complexity index is 252. The van der Waals surface area contributed by atoms with Gasteiger partial charge in [-0.2, -0.15) is 0 Å². The van der Waals surface area contributed by atoms with E-state index in [4.69, 9.17) is 5.11 Å². The van der Waals surface area contributed by atoms with Crippen molar-refractivity contribution < 1.29 is 9.90 Å². The zero-order valence-electron chi connectivity index (χ0n) is 6.45. The summed E-state index contributed by atoms with van der Waals surface area (Å²) in [5.74, 6) is -0.795. The molecule has 1 N–H and O–H groups in total. The average molecular weight is 153 g/mol. The molecule has 0 saturated carbocycles. The van der Waals surface area contributed by atoms with Gasteiger partial charge in [0.05, 0.1) is 0 Å². The van der Waals surface area contributed by atoms with Crippen LogP contribution in [0.2, 0.25) is 0 Å². The van der Waals surface area contributed by atoms with E-state index in [2.05, 4.69) is 0 Å². The molecular weight excluding hydrogens is 142 g/mol. The van der Waals surface area contributed by atoms with E-state index in [9.17, 15) is 4.79 Å². The van der Waals surface area contributed by atoms with Crippen molar-refractivity contribution in [2.24, 2.45) is 0 Å². The second kappa shape index (κ2) is 3.23. The van der Waals surface area contributed by atoms with Crippen LogP contribution in [0.5, 0.6) is 0 Å². The second-order valence-electron chi connectivity index (χ2n) is 2.37. The largest absolute Gasteiger partial charge is 0.480 e. The van der Waals surface area contributed by atoms with Gasteiger partial charge in [0.25, 0.3) is 0 Å². The molecule has 0 atom stereocenters. The number of aromatic nitrogens is 1. The molecule has 0 saturated heterocycles. The summed E-state index contributed by atoms with van der Waals surface area (Å²) >= 11 is 0. The van der Waals surface area contributed by atoms with E-state index in [1.165, 1.54) is 0 Å². The maximum atomic E-state index is 10.3. The maximum absolute atomic E-state index is 10.3. The molecule has 1 heterocycles. The number of hydrogen-bond donors (Lipinski definition) is 1. The molecule has 1 aromatic heterocycles. The van der Waals surface area contributed by atoms with Gasteiger partial charge in [-0.25, -0.2) is 0 Å². The van der Waals surface area contributed by atoms with Crippen molar-refractivity contribution in [2.75, 3.05) is 0 Å². The molecule has 0 unspecified atom stereocenters. The van der Waals surface area contributed by atoms with Crippen molar-refractivity contribution in [2.45, 2.75) is 19.9 Å². The number of carboxylic acid groups (broad SMARTS) is 1. The lowest BCUT2D eigenvalue weighted by molar-refractivity contribution is -0.137. The Morgan fingerprint density at radius 2 is 2.45 bits per heavy atom. The molecule has 0 aliphatic heterocycles. The number of carbonyl (C=O) groups is 1. The van der Waals surface area contributed by atoms with Crippen molar-refractivity contribution in [1.82, 2.24) is 4.57 Å². The number of carboxylic acids is 1. The number of nitrogens with zero attached hydrogens (tertiary/aromatic N) is 1.